The van der Waals surface area contributed by atoms with Gasteiger partial charge in [-0.05, 0) is 19.1 Å². The summed E-state index contributed by atoms with van der Waals surface area (Å²) >= 11 is 0. The fraction of sp³-hybridized carbons (Fsp3) is 0.250. The Balaban J connectivity index is 2.86. The Labute approximate surface area is 64.8 Å². The Hall–Kier alpha value is -1.25. The molecule has 3 heteroatoms. The average Bonchev–Trinajstić information content (AvgIpc) is 1.98. The minimum absolute atomic E-state index is 0.147. The molecule has 0 fully saturated rings. The maximum atomic E-state index is 12.7. The van der Waals surface area contributed by atoms with Gasteiger partial charge in [-0.3, -0.25) is 0 Å². The van der Waals surface area contributed by atoms with Gasteiger partial charge in [0, 0.05) is 6.07 Å². The molecule has 0 aliphatic heterocycles. The van der Waals surface area contributed by atoms with Gasteiger partial charge in [0.25, 0.3) is 0 Å². The summed E-state index contributed by atoms with van der Waals surface area (Å²) in [6.07, 6.45) is 0. The largest absolute Gasteiger partial charge is 0.494 e. The first kappa shape index (κ1) is 7.85. The smallest absolute Gasteiger partial charge is 0.149 e. The van der Waals surface area contributed by atoms with Crippen molar-refractivity contribution in [2.75, 3.05) is 12.3 Å². The number of rotatable bonds is 2. The first-order valence-corrected chi connectivity index (χ1v) is 3.42. The number of nitrogen functional groups attached to an aromatic ring is 1. The van der Waals surface area contributed by atoms with Gasteiger partial charge >= 0.3 is 0 Å². The molecule has 0 amide bonds. The number of ether oxygens (including phenoxy) is 1. The lowest BCUT2D eigenvalue weighted by Crippen LogP contribution is -1.94. The van der Waals surface area contributed by atoms with Gasteiger partial charge in [0.2, 0.25) is 0 Å². The first-order chi connectivity index (χ1) is 5.24. The molecule has 0 saturated heterocycles. The van der Waals surface area contributed by atoms with E-state index >= 15 is 0 Å². The topological polar surface area (TPSA) is 35.2 Å². The fourth-order valence-corrected chi connectivity index (χ4v) is 0.764. The Morgan fingerprint density at radius 2 is 2.27 bits per heavy atom. The number of hydrogen-bond acceptors (Lipinski definition) is 2. The molecule has 0 atom stereocenters. The number of benzene rings is 1. The average molecular weight is 155 g/mol. The quantitative estimate of drug-likeness (QED) is 0.661. The van der Waals surface area contributed by atoms with Gasteiger partial charge in [0.15, 0.2) is 0 Å². The highest BCUT2D eigenvalue weighted by molar-refractivity contribution is 5.43. The minimum Gasteiger partial charge on any atom is -0.494 e. The highest BCUT2D eigenvalue weighted by atomic mass is 19.1. The van der Waals surface area contributed by atoms with Crippen LogP contribution in [0.15, 0.2) is 18.2 Å². The summed E-state index contributed by atoms with van der Waals surface area (Å²) in [6, 6.07) is 4.40. The van der Waals surface area contributed by atoms with Gasteiger partial charge in [-0.2, -0.15) is 0 Å². The van der Waals surface area contributed by atoms with Crippen LogP contribution in [-0.2, 0) is 0 Å². The van der Waals surface area contributed by atoms with E-state index in [0.29, 0.717) is 12.4 Å². The molecule has 0 aromatic heterocycles. The minimum atomic E-state index is -0.434. The molecular weight excluding hydrogens is 145 g/mol. The Kier molecular flexibility index (Phi) is 2.31. The van der Waals surface area contributed by atoms with Crippen LogP contribution in [0.5, 0.6) is 5.75 Å². The van der Waals surface area contributed by atoms with Crippen molar-refractivity contribution < 1.29 is 9.13 Å². The highest BCUT2D eigenvalue weighted by Gasteiger charge is 1.98. The molecule has 1 aromatic rings. The van der Waals surface area contributed by atoms with E-state index in [0.717, 1.165) is 0 Å². The van der Waals surface area contributed by atoms with Crippen LogP contribution in [0.1, 0.15) is 6.92 Å². The third-order valence-electron chi connectivity index (χ3n) is 1.28. The molecule has 1 aromatic carbocycles. The first-order valence-electron chi connectivity index (χ1n) is 3.42. The Morgan fingerprint density at radius 3 is 2.82 bits per heavy atom. The standard InChI is InChI=1S/C8H10FNO/c1-2-11-6-3-4-8(10)7(9)5-6/h3-5H,2,10H2,1H3. The third kappa shape index (κ3) is 1.83. The predicted molar refractivity (Wildman–Crippen MR) is 42.0 cm³/mol. The van der Waals surface area contributed by atoms with Crippen molar-refractivity contribution in [1.29, 1.82) is 0 Å². The van der Waals surface area contributed by atoms with Crippen LogP contribution < -0.4 is 10.5 Å². The summed E-state index contributed by atoms with van der Waals surface area (Å²) in [5.41, 5.74) is 5.40. The van der Waals surface area contributed by atoms with Crippen LogP contribution in [0.2, 0.25) is 0 Å². The number of nitrogens with two attached hydrogens (primary N) is 1. The van der Waals surface area contributed by atoms with Crippen molar-refractivity contribution >= 4 is 5.69 Å². The van der Waals surface area contributed by atoms with E-state index in [1.807, 2.05) is 6.92 Å². The summed E-state index contributed by atoms with van der Waals surface area (Å²) in [5, 5.41) is 0. The van der Waals surface area contributed by atoms with Gasteiger partial charge in [0.1, 0.15) is 11.6 Å². The third-order valence-corrected chi connectivity index (χ3v) is 1.28. The van der Waals surface area contributed by atoms with Crippen LogP contribution in [0.3, 0.4) is 0 Å². The predicted octanol–water partition coefficient (Wildman–Crippen LogP) is 1.81. The van der Waals surface area contributed by atoms with Crippen molar-refractivity contribution in [3.8, 4) is 5.75 Å². The zero-order valence-corrected chi connectivity index (χ0v) is 6.30. The molecule has 0 heterocycles. The lowest BCUT2D eigenvalue weighted by molar-refractivity contribution is 0.338. The number of hydrogen-bond donors (Lipinski definition) is 1. The Bertz CT molecular complexity index is 250. The van der Waals surface area contributed by atoms with E-state index in [-0.39, 0.29) is 5.69 Å². The molecular formula is C8H10FNO. The molecule has 0 spiro atoms. The summed E-state index contributed by atoms with van der Waals surface area (Å²) in [7, 11) is 0. The molecule has 0 aliphatic rings. The molecule has 2 nitrogen and oxygen atoms in total. The number of halogens is 1. The van der Waals surface area contributed by atoms with Crippen molar-refractivity contribution in [3.63, 3.8) is 0 Å². The molecule has 0 aliphatic carbocycles. The Morgan fingerprint density at radius 1 is 1.55 bits per heavy atom. The molecule has 60 valence electrons. The number of anilines is 1. The van der Waals surface area contributed by atoms with Crippen molar-refractivity contribution in [2.45, 2.75) is 6.92 Å². The summed E-state index contributed by atoms with van der Waals surface area (Å²) in [6.45, 7) is 2.37. The monoisotopic (exact) mass is 155 g/mol. The van der Waals surface area contributed by atoms with Crippen molar-refractivity contribution in [1.82, 2.24) is 0 Å². The van der Waals surface area contributed by atoms with Gasteiger partial charge < -0.3 is 10.5 Å². The van der Waals surface area contributed by atoms with Crippen LogP contribution in [0.25, 0.3) is 0 Å². The van der Waals surface area contributed by atoms with E-state index in [4.69, 9.17) is 10.5 Å². The van der Waals surface area contributed by atoms with Crippen LogP contribution in [0, 0.1) is 5.82 Å². The molecule has 0 saturated carbocycles. The molecule has 1 rings (SSSR count). The zero-order valence-electron chi connectivity index (χ0n) is 6.30. The van der Waals surface area contributed by atoms with Gasteiger partial charge in [-0.1, -0.05) is 0 Å². The van der Waals surface area contributed by atoms with Crippen LogP contribution >= 0.6 is 0 Å². The fourth-order valence-electron chi connectivity index (χ4n) is 0.764. The molecule has 0 unspecified atom stereocenters. The highest BCUT2D eigenvalue weighted by Crippen LogP contribution is 2.17. The normalized spacial score (nSPS) is 9.64. The lowest BCUT2D eigenvalue weighted by atomic mass is 10.3. The molecule has 2 N–H and O–H groups in total. The molecule has 0 radical (unpaired) electrons. The SMILES string of the molecule is CCOc1ccc(N)c(F)c1. The summed E-state index contributed by atoms with van der Waals surface area (Å²) in [4.78, 5) is 0. The maximum absolute atomic E-state index is 12.7. The van der Waals surface area contributed by atoms with Crippen molar-refractivity contribution in [3.05, 3.63) is 24.0 Å². The molecule has 11 heavy (non-hydrogen) atoms. The van der Waals surface area contributed by atoms with Crippen molar-refractivity contribution in [2.24, 2.45) is 0 Å². The second-order valence-electron chi connectivity index (χ2n) is 2.12. The summed E-state index contributed by atoms with van der Waals surface area (Å²) in [5.74, 6) is 0.0788. The molecule has 0 bridgehead atoms. The summed E-state index contributed by atoms with van der Waals surface area (Å²) < 4.78 is 17.7. The van der Waals surface area contributed by atoms with E-state index in [9.17, 15) is 4.39 Å². The maximum Gasteiger partial charge on any atom is 0.149 e. The van der Waals surface area contributed by atoms with Gasteiger partial charge in [0.05, 0.1) is 12.3 Å². The lowest BCUT2D eigenvalue weighted by Gasteiger charge is -2.02. The van der Waals surface area contributed by atoms with E-state index in [1.54, 1.807) is 6.07 Å². The van der Waals surface area contributed by atoms with Gasteiger partial charge in [-0.15, -0.1) is 0 Å². The second-order valence-corrected chi connectivity index (χ2v) is 2.12. The van der Waals surface area contributed by atoms with E-state index < -0.39 is 5.82 Å². The van der Waals surface area contributed by atoms with E-state index in [1.165, 1.54) is 12.1 Å². The zero-order chi connectivity index (χ0) is 8.27. The van der Waals surface area contributed by atoms with E-state index in [2.05, 4.69) is 0 Å². The van der Waals surface area contributed by atoms with Crippen LogP contribution in [-0.4, -0.2) is 6.61 Å². The van der Waals surface area contributed by atoms with Crippen LogP contribution in [0.4, 0.5) is 10.1 Å². The van der Waals surface area contributed by atoms with Gasteiger partial charge in [-0.25, -0.2) is 4.39 Å². The second kappa shape index (κ2) is 3.23.